The molecule has 1 saturated carbocycles. The molecule has 2 atom stereocenters. The van der Waals surface area contributed by atoms with Crippen LogP contribution in [0.2, 0.25) is 0 Å². The number of hydrogen-bond donors (Lipinski definition) is 2. The van der Waals surface area contributed by atoms with Crippen LogP contribution in [-0.4, -0.2) is 55.0 Å². The van der Waals surface area contributed by atoms with Gasteiger partial charge < -0.3 is 20.1 Å². The third-order valence-corrected chi connectivity index (χ3v) is 8.27. The number of halogens is 1. The lowest BCUT2D eigenvalue weighted by Crippen LogP contribution is -2.56. The standard InChI is InChI=1S/C21H25FN4O4S/c1-12-20(26-19-5-4-17(8-18(19)22)31(27,28)16-2-3-16)23-11-24-21(12)30-15-6-13-9-29-10-14(7-15)25-13/h4-5,8,11,13-16,25H,2-3,6-7,9-10H2,1H3,(H,23,24,26). The Morgan fingerprint density at radius 3 is 2.61 bits per heavy atom. The lowest BCUT2D eigenvalue weighted by atomic mass is 9.95. The molecule has 31 heavy (non-hydrogen) atoms. The van der Waals surface area contributed by atoms with E-state index < -0.39 is 15.7 Å². The van der Waals surface area contributed by atoms with Gasteiger partial charge in [-0.05, 0) is 38.0 Å². The summed E-state index contributed by atoms with van der Waals surface area (Å²) in [6.07, 6.45) is 4.32. The lowest BCUT2D eigenvalue weighted by Gasteiger charge is -2.39. The van der Waals surface area contributed by atoms with E-state index in [4.69, 9.17) is 9.47 Å². The Morgan fingerprint density at radius 2 is 1.94 bits per heavy atom. The molecule has 5 rings (SSSR count). The molecule has 2 saturated heterocycles. The molecule has 1 aromatic heterocycles. The largest absolute Gasteiger partial charge is 0.474 e. The van der Waals surface area contributed by atoms with Crippen LogP contribution in [0, 0.1) is 12.7 Å². The molecule has 0 spiro atoms. The van der Waals surface area contributed by atoms with Crippen LogP contribution < -0.4 is 15.4 Å². The molecular formula is C21H25FN4O4S. The van der Waals surface area contributed by atoms with Crippen LogP contribution in [0.3, 0.4) is 0 Å². The maximum Gasteiger partial charge on any atom is 0.221 e. The molecular weight excluding hydrogens is 423 g/mol. The Kier molecular flexibility index (Phi) is 5.31. The van der Waals surface area contributed by atoms with E-state index in [0.717, 1.165) is 18.9 Å². The van der Waals surface area contributed by atoms with Gasteiger partial charge in [-0.1, -0.05) is 0 Å². The van der Waals surface area contributed by atoms with Gasteiger partial charge in [-0.3, -0.25) is 0 Å². The van der Waals surface area contributed by atoms with Gasteiger partial charge in [-0.25, -0.2) is 22.8 Å². The second-order valence-corrected chi connectivity index (χ2v) is 10.7. The highest BCUT2D eigenvalue weighted by molar-refractivity contribution is 7.92. The van der Waals surface area contributed by atoms with E-state index in [-0.39, 0.29) is 34.0 Å². The van der Waals surface area contributed by atoms with Gasteiger partial charge in [-0.15, -0.1) is 0 Å². The molecule has 3 heterocycles. The molecule has 2 aliphatic heterocycles. The van der Waals surface area contributed by atoms with Gasteiger partial charge in [0.25, 0.3) is 0 Å². The molecule has 10 heteroatoms. The number of piperidine rings is 1. The first-order chi connectivity index (χ1) is 14.9. The summed E-state index contributed by atoms with van der Waals surface area (Å²) in [7, 11) is -3.44. The summed E-state index contributed by atoms with van der Waals surface area (Å²) < 4.78 is 51.1. The van der Waals surface area contributed by atoms with Crippen molar-refractivity contribution < 1.29 is 22.3 Å². The number of rotatable bonds is 6. The maximum atomic E-state index is 14.7. The quantitative estimate of drug-likeness (QED) is 0.695. The third kappa shape index (κ3) is 4.24. The minimum atomic E-state index is -3.44. The van der Waals surface area contributed by atoms with Crippen molar-refractivity contribution in [2.75, 3.05) is 18.5 Å². The second-order valence-electron chi connectivity index (χ2n) is 8.47. The number of nitrogens with zero attached hydrogens (tertiary/aromatic N) is 2. The first-order valence-corrected chi connectivity index (χ1v) is 12.1. The van der Waals surface area contributed by atoms with Crippen molar-refractivity contribution in [1.82, 2.24) is 15.3 Å². The van der Waals surface area contributed by atoms with Crippen LogP contribution >= 0.6 is 0 Å². The summed E-state index contributed by atoms with van der Waals surface area (Å²) in [6.45, 7) is 3.17. The van der Waals surface area contributed by atoms with Crippen LogP contribution in [0.4, 0.5) is 15.9 Å². The van der Waals surface area contributed by atoms with Crippen molar-refractivity contribution in [2.45, 2.75) is 60.9 Å². The fourth-order valence-electron chi connectivity index (χ4n) is 4.19. The van der Waals surface area contributed by atoms with E-state index >= 15 is 0 Å². The zero-order valence-corrected chi connectivity index (χ0v) is 18.0. The predicted molar refractivity (Wildman–Crippen MR) is 112 cm³/mol. The molecule has 3 fully saturated rings. The van der Waals surface area contributed by atoms with Gasteiger partial charge in [-0.2, -0.15) is 0 Å². The highest BCUT2D eigenvalue weighted by Crippen LogP contribution is 2.35. The predicted octanol–water partition coefficient (Wildman–Crippen LogP) is 2.50. The molecule has 2 unspecified atom stereocenters. The Labute approximate surface area is 180 Å². The Balaban J connectivity index is 1.32. The number of anilines is 2. The Hall–Kier alpha value is -2.30. The fraction of sp³-hybridized carbons (Fsp3) is 0.524. The number of sulfone groups is 1. The lowest BCUT2D eigenvalue weighted by molar-refractivity contribution is -0.0134. The molecule has 3 aliphatic rings. The maximum absolute atomic E-state index is 14.7. The average Bonchev–Trinajstić information content (AvgIpc) is 3.58. The van der Waals surface area contributed by atoms with Crippen LogP contribution in [0.5, 0.6) is 5.88 Å². The van der Waals surface area contributed by atoms with Crippen molar-refractivity contribution >= 4 is 21.3 Å². The number of morpholine rings is 1. The zero-order valence-electron chi connectivity index (χ0n) is 17.2. The number of aromatic nitrogens is 2. The molecule has 2 N–H and O–H groups in total. The highest BCUT2D eigenvalue weighted by Gasteiger charge is 2.37. The molecule has 8 nitrogen and oxygen atoms in total. The van der Waals surface area contributed by atoms with Gasteiger partial charge in [0.2, 0.25) is 5.88 Å². The molecule has 2 aromatic rings. The van der Waals surface area contributed by atoms with Gasteiger partial charge in [0.15, 0.2) is 9.84 Å². The number of fused-ring (bicyclic) bond motifs is 2. The van der Waals surface area contributed by atoms with Gasteiger partial charge >= 0.3 is 0 Å². The van der Waals surface area contributed by atoms with Gasteiger partial charge in [0, 0.05) is 24.9 Å². The molecule has 1 aromatic carbocycles. The van der Waals surface area contributed by atoms with Crippen molar-refractivity contribution in [1.29, 1.82) is 0 Å². The van der Waals surface area contributed by atoms with Crippen LogP contribution in [0.1, 0.15) is 31.2 Å². The van der Waals surface area contributed by atoms with Crippen molar-refractivity contribution in [2.24, 2.45) is 0 Å². The smallest absolute Gasteiger partial charge is 0.221 e. The average molecular weight is 449 g/mol. The monoisotopic (exact) mass is 448 g/mol. The molecule has 2 bridgehead atoms. The van der Waals surface area contributed by atoms with Crippen molar-refractivity contribution in [3.63, 3.8) is 0 Å². The topological polar surface area (TPSA) is 102 Å². The summed E-state index contributed by atoms with van der Waals surface area (Å²) >= 11 is 0. The highest BCUT2D eigenvalue weighted by atomic mass is 32.2. The van der Waals surface area contributed by atoms with Crippen LogP contribution in [-0.2, 0) is 14.6 Å². The summed E-state index contributed by atoms with van der Waals surface area (Å²) in [5.41, 5.74) is 0.813. The Bertz CT molecular complexity index is 1080. The number of nitrogens with one attached hydrogen (secondary N) is 2. The second kappa shape index (κ2) is 7.99. The first-order valence-electron chi connectivity index (χ1n) is 10.5. The van der Waals surface area contributed by atoms with E-state index in [1.54, 1.807) is 0 Å². The first kappa shape index (κ1) is 20.6. The van der Waals surface area contributed by atoms with Crippen molar-refractivity contribution in [3.8, 4) is 5.88 Å². The normalized spacial score (nSPS) is 25.8. The van der Waals surface area contributed by atoms with Crippen molar-refractivity contribution in [3.05, 3.63) is 35.9 Å². The third-order valence-electron chi connectivity index (χ3n) is 6.01. The number of benzene rings is 1. The number of hydrogen-bond acceptors (Lipinski definition) is 8. The molecule has 0 radical (unpaired) electrons. The van der Waals surface area contributed by atoms with Crippen LogP contribution in [0.15, 0.2) is 29.4 Å². The fourth-order valence-corrected chi connectivity index (χ4v) is 5.86. The summed E-state index contributed by atoms with van der Waals surface area (Å²) in [5.74, 6) is 0.226. The Morgan fingerprint density at radius 1 is 1.19 bits per heavy atom. The van der Waals surface area contributed by atoms with Crippen LogP contribution in [0.25, 0.3) is 0 Å². The molecule has 0 amide bonds. The van der Waals surface area contributed by atoms with E-state index in [1.165, 1.54) is 18.5 Å². The zero-order chi connectivity index (χ0) is 21.6. The summed E-state index contributed by atoms with van der Waals surface area (Å²) in [4.78, 5) is 8.50. The summed E-state index contributed by atoms with van der Waals surface area (Å²) in [5, 5.41) is 6.09. The SMILES string of the molecule is Cc1c(Nc2ccc(S(=O)(=O)C3CC3)cc2F)ncnc1OC1CC2COCC(C1)N2. The van der Waals surface area contributed by atoms with Gasteiger partial charge in [0.05, 0.1) is 34.6 Å². The minimum Gasteiger partial charge on any atom is -0.474 e. The van der Waals surface area contributed by atoms with E-state index in [0.29, 0.717) is 43.3 Å². The number of ether oxygens (including phenoxy) is 2. The molecule has 1 aliphatic carbocycles. The molecule has 166 valence electrons. The van der Waals surface area contributed by atoms with E-state index in [1.807, 2.05) is 6.92 Å². The summed E-state index contributed by atoms with van der Waals surface area (Å²) in [6, 6.07) is 4.48. The minimum absolute atomic E-state index is 0.0157. The van der Waals surface area contributed by atoms with E-state index in [2.05, 4.69) is 20.6 Å². The van der Waals surface area contributed by atoms with E-state index in [9.17, 15) is 12.8 Å². The van der Waals surface area contributed by atoms with Gasteiger partial charge in [0.1, 0.15) is 24.1 Å².